The summed E-state index contributed by atoms with van der Waals surface area (Å²) in [7, 11) is 3.79. The molecule has 96 valence electrons. The minimum Gasteiger partial charge on any atom is -0.383 e. The van der Waals surface area contributed by atoms with E-state index in [4.69, 9.17) is 4.74 Å². The first-order chi connectivity index (χ1) is 8.10. The third-order valence-electron chi connectivity index (χ3n) is 3.12. The molecule has 4 nitrogen and oxygen atoms in total. The Bertz CT molecular complexity index is 372. The van der Waals surface area contributed by atoms with E-state index >= 15 is 0 Å². The van der Waals surface area contributed by atoms with Crippen molar-refractivity contribution in [3.8, 4) is 0 Å². The van der Waals surface area contributed by atoms with Gasteiger partial charge in [0.1, 0.15) is 0 Å². The first kappa shape index (κ1) is 13.9. The maximum Gasteiger partial charge on any atom is 0.151 e. The van der Waals surface area contributed by atoms with E-state index in [1.165, 1.54) is 0 Å². The molecule has 1 aromatic rings. The van der Waals surface area contributed by atoms with Crippen molar-refractivity contribution in [3.63, 3.8) is 0 Å². The van der Waals surface area contributed by atoms with Gasteiger partial charge in [-0.1, -0.05) is 0 Å². The van der Waals surface area contributed by atoms with Crippen LogP contribution in [0.15, 0.2) is 6.07 Å². The van der Waals surface area contributed by atoms with Gasteiger partial charge < -0.3 is 14.2 Å². The van der Waals surface area contributed by atoms with Crippen LogP contribution in [0.5, 0.6) is 0 Å². The fourth-order valence-corrected chi connectivity index (χ4v) is 1.92. The molecule has 1 aromatic heterocycles. The molecule has 17 heavy (non-hydrogen) atoms. The monoisotopic (exact) mass is 238 g/mol. The highest BCUT2D eigenvalue weighted by Gasteiger charge is 2.08. The van der Waals surface area contributed by atoms with E-state index in [9.17, 15) is 4.79 Å². The average molecular weight is 238 g/mol. The van der Waals surface area contributed by atoms with Crippen molar-refractivity contribution in [2.24, 2.45) is 0 Å². The smallest absolute Gasteiger partial charge is 0.151 e. The molecule has 0 unspecified atom stereocenters. The van der Waals surface area contributed by atoms with Crippen LogP contribution in [0.25, 0.3) is 0 Å². The molecular formula is C13H22N2O2. The van der Waals surface area contributed by atoms with Crippen LogP contribution in [-0.4, -0.2) is 49.6 Å². The fourth-order valence-electron chi connectivity index (χ4n) is 1.92. The molecule has 0 bridgehead atoms. The van der Waals surface area contributed by atoms with Crippen LogP contribution < -0.4 is 0 Å². The van der Waals surface area contributed by atoms with Crippen LogP contribution in [0.4, 0.5) is 0 Å². The molecule has 0 atom stereocenters. The molecule has 0 N–H and O–H groups in total. The number of carbonyl (C=O) groups is 1. The number of methoxy groups -OCH3 is 1. The Hall–Kier alpha value is -1.13. The van der Waals surface area contributed by atoms with Crippen molar-refractivity contribution >= 4 is 6.29 Å². The van der Waals surface area contributed by atoms with Crippen molar-refractivity contribution in [1.29, 1.82) is 0 Å². The van der Waals surface area contributed by atoms with Gasteiger partial charge in [0.15, 0.2) is 6.29 Å². The molecule has 0 spiro atoms. The highest BCUT2D eigenvalue weighted by Crippen LogP contribution is 2.12. The summed E-state index contributed by atoms with van der Waals surface area (Å²) >= 11 is 0. The first-order valence-electron chi connectivity index (χ1n) is 5.89. The third kappa shape index (κ3) is 3.68. The second kappa shape index (κ2) is 6.57. The van der Waals surface area contributed by atoms with Crippen molar-refractivity contribution in [1.82, 2.24) is 9.47 Å². The van der Waals surface area contributed by atoms with Gasteiger partial charge in [-0.2, -0.15) is 0 Å². The van der Waals surface area contributed by atoms with Crippen LogP contribution in [0.1, 0.15) is 21.7 Å². The van der Waals surface area contributed by atoms with E-state index < -0.39 is 0 Å². The van der Waals surface area contributed by atoms with E-state index in [-0.39, 0.29) is 0 Å². The number of likely N-dealkylation sites (N-methyl/N-ethyl adjacent to an activating group) is 1. The zero-order valence-electron chi connectivity index (χ0n) is 11.2. The Morgan fingerprint density at radius 3 is 2.65 bits per heavy atom. The molecule has 0 saturated carbocycles. The molecule has 0 aromatic carbocycles. The lowest BCUT2D eigenvalue weighted by Crippen LogP contribution is -2.27. The second-order valence-corrected chi connectivity index (χ2v) is 4.39. The predicted molar refractivity (Wildman–Crippen MR) is 68.7 cm³/mol. The van der Waals surface area contributed by atoms with Gasteiger partial charge in [-0.3, -0.25) is 4.79 Å². The normalized spacial score (nSPS) is 11.1. The predicted octanol–water partition coefficient (Wildman–Crippen LogP) is 1.50. The van der Waals surface area contributed by atoms with Gasteiger partial charge in [0.25, 0.3) is 0 Å². The van der Waals surface area contributed by atoms with Gasteiger partial charge in [0.05, 0.1) is 6.61 Å². The van der Waals surface area contributed by atoms with Gasteiger partial charge in [-0.25, -0.2) is 0 Å². The van der Waals surface area contributed by atoms with E-state index in [1.54, 1.807) is 7.11 Å². The number of aromatic nitrogens is 1. The SMILES string of the molecule is COCCN(C)CCn1c(C)cc(C=O)c1C. The lowest BCUT2D eigenvalue weighted by atomic mass is 10.3. The molecule has 0 amide bonds. The Labute approximate surface area is 103 Å². The van der Waals surface area contributed by atoms with Crippen molar-refractivity contribution in [3.05, 3.63) is 23.0 Å². The van der Waals surface area contributed by atoms with Crippen molar-refractivity contribution in [2.45, 2.75) is 20.4 Å². The summed E-state index contributed by atoms with van der Waals surface area (Å²) in [4.78, 5) is 13.1. The third-order valence-corrected chi connectivity index (χ3v) is 3.12. The fraction of sp³-hybridized carbons (Fsp3) is 0.615. The van der Waals surface area contributed by atoms with E-state index in [1.807, 2.05) is 19.9 Å². The maximum atomic E-state index is 10.8. The summed E-state index contributed by atoms with van der Waals surface area (Å²) < 4.78 is 7.23. The zero-order valence-corrected chi connectivity index (χ0v) is 11.2. The zero-order chi connectivity index (χ0) is 12.8. The van der Waals surface area contributed by atoms with Crippen molar-refractivity contribution < 1.29 is 9.53 Å². The molecule has 1 heterocycles. The van der Waals surface area contributed by atoms with Gasteiger partial charge in [-0.05, 0) is 27.0 Å². The number of hydrogen-bond acceptors (Lipinski definition) is 3. The summed E-state index contributed by atoms with van der Waals surface area (Å²) in [6, 6.07) is 1.94. The van der Waals surface area contributed by atoms with E-state index in [0.29, 0.717) is 0 Å². The molecule has 0 radical (unpaired) electrons. The van der Waals surface area contributed by atoms with Gasteiger partial charge in [-0.15, -0.1) is 0 Å². The van der Waals surface area contributed by atoms with Gasteiger partial charge in [0.2, 0.25) is 0 Å². The summed E-state index contributed by atoms with van der Waals surface area (Å²) in [5, 5.41) is 0. The molecule has 0 saturated heterocycles. The van der Waals surface area contributed by atoms with Crippen LogP contribution >= 0.6 is 0 Å². The van der Waals surface area contributed by atoms with Gasteiger partial charge >= 0.3 is 0 Å². The lowest BCUT2D eigenvalue weighted by Gasteiger charge is -2.18. The summed E-state index contributed by atoms with van der Waals surface area (Å²) in [6.07, 6.45) is 0.924. The van der Waals surface area contributed by atoms with Crippen LogP contribution in [0.3, 0.4) is 0 Å². The van der Waals surface area contributed by atoms with Gasteiger partial charge in [0, 0.05) is 43.7 Å². The Balaban J connectivity index is 2.57. The number of nitrogens with zero attached hydrogens (tertiary/aromatic N) is 2. The number of carbonyl (C=O) groups excluding carboxylic acids is 1. The standard InChI is InChI=1S/C13H22N2O2/c1-11-9-13(10-16)12(2)15(11)6-5-14(3)7-8-17-4/h9-10H,5-8H2,1-4H3. The molecule has 0 aliphatic rings. The molecule has 0 aliphatic heterocycles. The van der Waals surface area contributed by atoms with Crippen LogP contribution in [-0.2, 0) is 11.3 Å². The number of hydrogen-bond donors (Lipinski definition) is 0. The summed E-state index contributed by atoms with van der Waals surface area (Å²) in [5.74, 6) is 0. The summed E-state index contributed by atoms with van der Waals surface area (Å²) in [5.41, 5.74) is 2.99. The lowest BCUT2D eigenvalue weighted by molar-refractivity contribution is 0.112. The average Bonchev–Trinajstić information content (AvgIpc) is 2.59. The van der Waals surface area contributed by atoms with E-state index in [0.717, 1.165) is 49.5 Å². The Morgan fingerprint density at radius 1 is 1.41 bits per heavy atom. The second-order valence-electron chi connectivity index (χ2n) is 4.39. The topological polar surface area (TPSA) is 34.5 Å². The largest absolute Gasteiger partial charge is 0.383 e. The number of rotatable bonds is 7. The number of aryl methyl sites for hydroxylation is 1. The first-order valence-corrected chi connectivity index (χ1v) is 5.89. The van der Waals surface area contributed by atoms with E-state index in [2.05, 4.69) is 16.5 Å². The van der Waals surface area contributed by atoms with Crippen LogP contribution in [0.2, 0.25) is 0 Å². The minimum absolute atomic E-state index is 0.750. The highest BCUT2D eigenvalue weighted by molar-refractivity contribution is 5.77. The van der Waals surface area contributed by atoms with Crippen LogP contribution in [0, 0.1) is 13.8 Å². The number of ether oxygens (including phenoxy) is 1. The Morgan fingerprint density at radius 2 is 2.12 bits per heavy atom. The minimum atomic E-state index is 0.750. The molecule has 0 aliphatic carbocycles. The highest BCUT2D eigenvalue weighted by atomic mass is 16.5. The molecular weight excluding hydrogens is 216 g/mol. The maximum absolute atomic E-state index is 10.8. The number of aldehydes is 1. The Kier molecular flexibility index (Phi) is 5.38. The summed E-state index contributed by atoms with van der Waals surface area (Å²) in [6.45, 7) is 7.57. The van der Waals surface area contributed by atoms with Crippen molar-refractivity contribution in [2.75, 3.05) is 33.9 Å². The molecule has 0 fully saturated rings. The molecule has 4 heteroatoms. The quantitative estimate of drug-likeness (QED) is 0.675. The molecule has 1 rings (SSSR count).